The molecule has 2 rings (SSSR count). The molecule has 0 bridgehead atoms. The molecule has 0 saturated carbocycles. The molecule has 0 aliphatic carbocycles. The van der Waals surface area contributed by atoms with E-state index in [1.807, 2.05) is 18.5 Å². The van der Waals surface area contributed by atoms with Crippen molar-refractivity contribution in [1.82, 2.24) is 15.3 Å². The highest BCUT2D eigenvalue weighted by Crippen LogP contribution is 2.23. The van der Waals surface area contributed by atoms with Gasteiger partial charge in [0.05, 0.1) is 17.8 Å². The average molecular weight is 326 g/mol. The van der Waals surface area contributed by atoms with Gasteiger partial charge in [-0.2, -0.15) is 0 Å². The molecule has 0 aromatic carbocycles. The van der Waals surface area contributed by atoms with Gasteiger partial charge in [0.1, 0.15) is 5.02 Å². The van der Waals surface area contributed by atoms with E-state index in [1.54, 1.807) is 17.5 Å². The zero-order valence-corrected chi connectivity index (χ0v) is 14.1. The number of halogens is 1. The number of nitrogens with zero attached hydrogens (tertiary/aromatic N) is 2. The summed E-state index contributed by atoms with van der Waals surface area (Å²) in [7, 11) is 0. The summed E-state index contributed by atoms with van der Waals surface area (Å²) in [5.74, 6) is 0.493. The Bertz CT molecular complexity index is 586. The third kappa shape index (κ3) is 4.95. The van der Waals surface area contributed by atoms with Gasteiger partial charge >= 0.3 is 0 Å². The first-order chi connectivity index (χ1) is 10.1. The molecule has 0 unspecified atom stereocenters. The van der Waals surface area contributed by atoms with Gasteiger partial charge < -0.3 is 10.1 Å². The first-order valence-electron chi connectivity index (χ1n) is 6.96. The monoisotopic (exact) mass is 325 g/mol. The topological polar surface area (TPSA) is 47.0 Å². The molecular weight excluding hydrogens is 306 g/mol. The number of pyridine rings is 1. The van der Waals surface area contributed by atoms with Crippen molar-refractivity contribution in [3.63, 3.8) is 0 Å². The van der Waals surface area contributed by atoms with Crippen molar-refractivity contribution in [2.75, 3.05) is 6.61 Å². The molecule has 0 aliphatic rings. The molecule has 0 saturated heterocycles. The lowest BCUT2D eigenvalue weighted by Gasteiger charge is -2.10. The molecule has 0 amide bonds. The van der Waals surface area contributed by atoms with E-state index in [4.69, 9.17) is 16.3 Å². The fourth-order valence-corrected chi connectivity index (χ4v) is 2.80. The molecule has 0 atom stereocenters. The first-order valence-corrected chi connectivity index (χ1v) is 8.21. The molecule has 1 N–H and O–H groups in total. The Kier molecular flexibility index (Phi) is 5.96. The molecule has 2 aromatic rings. The van der Waals surface area contributed by atoms with Crippen LogP contribution >= 0.6 is 22.9 Å². The summed E-state index contributed by atoms with van der Waals surface area (Å²) in [6, 6.07) is 2.33. The summed E-state index contributed by atoms with van der Waals surface area (Å²) in [5.41, 5.74) is 3.98. The maximum atomic E-state index is 6.21. The quantitative estimate of drug-likeness (QED) is 0.844. The van der Waals surface area contributed by atoms with Crippen LogP contribution in [-0.2, 0) is 13.0 Å². The van der Waals surface area contributed by atoms with Crippen molar-refractivity contribution in [3.05, 3.63) is 38.9 Å². The lowest BCUT2D eigenvalue weighted by Crippen LogP contribution is -2.21. The van der Waals surface area contributed by atoms with Crippen molar-refractivity contribution in [1.29, 1.82) is 0 Å². The van der Waals surface area contributed by atoms with Gasteiger partial charge in [0.15, 0.2) is 0 Å². The number of ether oxygens (including phenoxy) is 1. The van der Waals surface area contributed by atoms with Gasteiger partial charge in [0.25, 0.3) is 0 Å². The highest BCUT2D eigenvalue weighted by atomic mass is 35.5. The minimum Gasteiger partial charge on any atom is -0.476 e. The number of aromatic nitrogens is 2. The normalized spacial score (nSPS) is 11.1. The van der Waals surface area contributed by atoms with E-state index in [0.717, 1.165) is 24.2 Å². The molecule has 21 heavy (non-hydrogen) atoms. The van der Waals surface area contributed by atoms with Crippen LogP contribution in [-0.4, -0.2) is 22.6 Å². The largest absolute Gasteiger partial charge is 0.476 e. The second-order valence-electron chi connectivity index (χ2n) is 5.13. The van der Waals surface area contributed by atoms with E-state index < -0.39 is 0 Å². The lowest BCUT2D eigenvalue weighted by molar-refractivity contribution is 0.310. The Balaban J connectivity index is 1.87. The van der Waals surface area contributed by atoms with E-state index >= 15 is 0 Å². The van der Waals surface area contributed by atoms with Crippen LogP contribution in [0.4, 0.5) is 0 Å². The predicted molar refractivity (Wildman–Crippen MR) is 87.3 cm³/mol. The lowest BCUT2D eigenvalue weighted by atomic mass is 10.2. The molecular formula is C15H20ClN3OS. The summed E-state index contributed by atoms with van der Waals surface area (Å²) in [5, 5.41) is 3.89. The number of hydrogen-bond donors (Lipinski definition) is 1. The molecule has 0 spiro atoms. The van der Waals surface area contributed by atoms with Gasteiger partial charge in [-0.1, -0.05) is 25.4 Å². The summed E-state index contributed by atoms with van der Waals surface area (Å²) >= 11 is 7.86. The average Bonchev–Trinajstić information content (AvgIpc) is 2.84. The fraction of sp³-hybridized carbons (Fsp3) is 0.467. The maximum absolute atomic E-state index is 6.21. The minimum atomic E-state index is 0.433. The van der Waals surface area contributed by atoms with Crippen molar-refractivity contribution in [3.8, 4) is 5.88 Å². The summed E-state index contributed by atoms with van der Waals surface area (Å²) in [6.45, 7) is 7.53. The molecule has 4 nitrogen and oxygen atoms in total. The Morgan fingerprint density at radius 2 is 2.19 bits per heavy atom. The highest BCUT2D eigenvalue weighted by Gasteiger charge is 2.07. The zero-order chi connectivity index (χ0) is 15.2. The third-order valence-corrected chi connectivity index (χ3v) is 4.26. The number of rotatable bonds is 7. The summed E-state index contributed by atoms with van der Waals surface area (Å²) < 4.78 is 5.66. The van der Waals surface area contributed by atoms with E-state index in [2.05, 4.69) is 29.1 Å². The van der Waals surface area contributed by atoms with Crippen LogP contribution in [0.25, 0.3) is 0 Å². The summed E-state index contributed by atoms with van der Waals surface area (Å²) in [6.07, 6.45) is 2.62. The zero-order valence-electron chi connectivity index (χ0n) is 12.5. The van der Waals surface area contributed by atoms with Gasteiger partial charge in [-0.15, -0.1) is 11.3 Å². The fourth-order valence-electron chi connectivity index (χ4n) is 1.80. The summed E-state index contributed by atoms with van der Waals surface area (Å²) in [4.78, 5) is 9.75. The van der Waals surface area contributed by atoms with Crippen molar-refractivity contribution >= 4 is 22.9 Å². The van der Waals surface area contributed by atoms with E-state index in [0.29, 0.717) is 23.6 Å². The van der Waals surface area contributed by atoms with E-state index in [1.165, 1.54) is 4.88 Å². The number of nitrogens with one attached hydrogen (secondary N) is 1. The molecule has 6 heteroatoms. The number of thiazole rings is 1. The van der Waals surface area contributed by atoms with Crippen LogP contribution in [0.3, 0.4) is 0 Å². The number of hydrogen-bond acceptors (Lipinski definition) is 5. The molecule has 114 valence electrons. The Labute approximate surface area is 134 Å². The van der Waals surface area contributed by atoms with Crippen LogP contribution in [0, 0.1) is 6.92 Å². The van der Waals surface area contributed by atoms with Gasteiger partial charge in [0, 0.05) is 30.1 Å². The molecule has 2 heterocycles. The van der Waals surface area contributed by atoms with Crippen molar-refractivity contribution < 1.29 is 4.74 Å². The van der Waals surface area contributed by atoms with Crippen LogP contribution in [0.5, 0.6) is 5.88 Å². The molecule has 0 fully saturated rings. The van der Waals surface area contributed by atoms with Gasteiger partial charge in [-0.3, -0.25) is 0 Å². The second kappa shape index (κ2) is 7.73. The van der Waals surface area contributed by atoms with Crippen LogP contribution in [0.1, 0.15) is 30.0 Å². The molecule has 0 aliphatic heterocycles. The van der Waals surface area contributed by atoms with Gasteiger partial charge in [-0.05, 0) is 18.6 Å². The van der Waals surface area contributed by atoms with Crippen molar-refractivity contribution in [2.45, 2.75) is 39.8 Å². The van der Waals surface area contributed by atoms with E-state index in [-0.39, 0.29) is 0 Å². The highest BCUT2D eigenvalue weighted by molar-refractivity contribution is 7.09. The third-order valence-electron chi connectivity index (χ3n) is 2.99. The van der Waals surface area contributed by atoms with Crippen LogP contribution < -0.4 is 10.1 Å². The minimum absolute atomic E-state index is 0.433. The van der Waals surface area contributed by atoms with Crippen LogP contribution in [0.2, 0.25) is 5.02 Å². The first kappa shape index (κ1) is 16.2. The predicted octanol–water partition coefficient (Wildman–Crippen LogP) is 3.62. The SMILES string of the molecule is Cc1ncsc1CCOc1ncc(CNC(C)C)cc1Cl. The number of aryl methyl sites for hydroxylation is 1. The van der Waals surface area contributed by atoms with Crippen LogP contribution in [0.15, 0.2) is 17.8 Å². The van der Waals surface area contributed by atoms with Gasteiger partial charge in [0.2, 0.25) is 5.88 Å². The van der Waals surface area contributed by atoms with Gasteiger partial charge in [-0.25, -0.2) is 9.97 Å². The molecule has 2 aromatic heterocycles. The Morgan fingerprint density at radius 3 is 2.81 bits per heavy atom. The van der Waals surface area contributed by atoms with Crippen molar-refractivity contribution in [2.24, 2.45) is 0 Å². The molecule has 0 radical (unpaired) electrons. The van der Waals surface area contributed by atoms with E-state index in [9.17, 15) is 0 Å². The Morgan fingerprint density at radius 1 is 1.38 bits per heavy atom. The second-order valence-corrected chi connectivity index (χ2v) is 6.47. The maximum Gasteiger partial charge on any atom is 0.232 e. The Hall–Kier alpha value is -1.17. The standard InChI is InChI=1S/C15H20ClN3OS/c1-10(2)17-7-12-6-13(16)15(18-8-12)20-5-4-14-11(3)19-9-21-14/h6,8-10,17H,4-5,7H2,1-3H3. The smallest absolute Gasteiger partial charge is 0.232 e.